The second-order valence-corrected chi connectivity index (χ2v) is 5.80. The lowest BCUT2D eigenvalue weighted by molar-refractivity contribution is 0.0495. The van der Waals surface area contributed by atoms with E-state index in [0.717, 1.165) is 56.3 Å². The summed E-state index contributed by atoms with van der Waals surface area (Å²) in [5.41, 5.74) is 2.04. The highest BCUT2D eigenvalue weighted by Gasteiger charge is 2.15. The third-order valence-corrected chi connectivity index (χ3v) is 3.56. The molecule has 4 nitrogen and oxygen atoms in total. The lowest BCUT2D eigenvalue weighted by atomic mass is 10.0. The zero-order valence-corrected chi connectivity index (χ0v) is 12.8. The summed E-state index contributed by atoms with van der Waals surface area (Å²) in [6.07, 6.45) is 2.19. The summed E-state index contributed by atoms with van der Waals surface area (Å²) >= 11 is 0. The largest absolute Gasteiger partial charge is 0.491 e. The number of rotatable bonds is 6. The van der Waals surface area contributed by atoms with E-state index < -0.39 is 0 Å². The number of ether oxygens (including phenoxy) is 2. The minimum absolute atomic E-state index is 0.445. The van der Waals surface area contributed by atoms with Gasteiger partial charge in [0, 0.05) is 31.5 Å². The highest BCUT2D eigenvalue weighted by atomic mass is 16.5. The number of aryl methyl sites for hydroxylation is 1. The van der Waals surface area contributed by atoms with Crippen molar-refractivity contribution in [3.8, 4) is 5.75 Å². The van der Waals surface area contributed by atoms with E-state index in [4.69, 9.17) is 9.47 Å². The molecule has 20 heavy (non-hydrogen) atoms. The molecule has 0 saturated carbocycles. The van der Waals surface area contributed by atoms with Crippen LogP contribution >= 0.6 is 0 Å². The van der Waals surface area contributed by atoms with Crippen molar-refractivity contribution in [1.29, 1.82) is 0 Å². The minimum Gasteiger partial charge on any atom is -0.491 e. The Labute approximate surface area is 121 Å². The molecule has 0 amide bonds. The van der Waals surface area contributed by atoms with Gasteiger partial charge in [-0.2, -0.15) is 0 Å². The summed E-state index contributed by atoms with van der Waals surface area (Å²) in [6, 6.07) is 4.50. The Balaban J connectivity index is 1.94. The molecule has 1 N–H and O–H groups in total. The summed E-state index contributed by atoms with van der Waals surface area (Å²) in [7, 11) is 0. The predicted molar refractivity (Wildman–Crippen MR) is 80.0 cm³/mol. The average molecular weight is 278 g/mol. The molecule has 0 bridgehead atoms. The van der Waals surface area contributed by atoms with Gasteiger partial charge < -0.3 is 14.8 Å². The Bertz CT molecular complexity index is 415. The van der Waals surface area contributed by atoms with Crippen molar-refractivity contribution in [2.24, 2.45) is 5.92 Å². The summed E-state index contributed by atoms with van der Waals surface area (Å²) < 4.78 is 11.4. The van der Waals surface area contributed by atoms with Gasteiger partial charge >= 0.3 is 0 Å². The standard InChI is InChI=1S/C16H26N2O2/c1-12(2)17-10-15-16(5-4-13(3)18-15)20-11-14-6-8-19-9-7-14/h4-5,12,14,17H,6-11H2,1-3H3. The Morgan fingerprint density at radius 3 is 2.80 bits per heavy atom. The molecule has 0 aromatic carbocycles. The quantitative estimate of drug-likeness (QED) is 0.869. The van der Waals surface area contributed by atoms with E-state index >= 15 is 0 Å². The van der Waals surface area contributed by atoms with Gasteiger partial charge in [-0.15, -0.1) is 0 Å². The molecule has 0 spiro atoms. The highest BCUT2D eigenvalue weighted by molar-refractivity contribution is 5.29. The molecule has 1 aliphatic rings. The third kappa shape index (κ3) is 4.76. The normalized spacial score (nSPS) is 16.6. The number of hydrogen-bond acceptors (Lipinski definition) is 4. The van der Waals surface area contributed by atoms with Crippen LogP contribution < -0.4 is 10.1 Å². The van der Waals surface area contributed by atoms with Crippen LogP contribution in [0.25, 0.3) is 0 Å². The molecular formula is C16H26N2O2. The van der Waals surface area contributed by atoms with Crippen LogP contribution in [0, 0.1) is 12.8 Å². The predicted octanol–water partition coefficient (Wildman–Crippen LogP) is 2.69. The molecule has 1 saturated heterocycles. The van der Waals surface area contributed by atoms with Crippen molar-refractivity contribution in [1.82, 2.24) is 10.3 Å². The van der Waals surface area contributed by atoms with Gasteiger partial charge in [0.15, 0.2) is 0 Å². The van der Waals surface area contributed by atoms with E-state index in [0.29, 0.717) is 12.0 Å². The fourth-order valence-corrected chi connectivity index (χ4v) is 2.28. The maximum Gasteiger partial charge on any atom is 0.142 e. The molecule has 1 fully saturated rings. The molecule has 1 aromatic heterocycles. The number of aromatic nitrogens is 1. The first-order valence-corrected chi connectivity index (χ1v) is 7.55. The molecule has 4 heteroatoms. The number of nitrogens with one attached hydrogen (secondary N) is 1. The maximum absolute atomic E-state index is 6.01. The fraction of sp³-hybridized carbons (Fsp3) is 0.688. The topological polar surface area (TPSA) is 43.4 Å². The second-order valence-electron chi connectivity index (χ2n) is 5.80. The van der Waals surface area contributed by atoms with Crippen molar-refractivity contribution in [3.05, 3.63) is 23.5 Å². The van der Waals surface area contributed by atoms with E-state index in [1.54, 1.807) is 0 Å². The summed E-state index contributed by atoms with van der Waals surface area (Å²) in [5.74, 6) is 1.52. The van der Waals surface area contributed by atoms with Gasteiger partial charge in [-0.25, -0.2) is 0 Å². The van der Waals surface area contributed by atoms with Gasteiger partial charge in [-0.05, 0) is 37.8 Å². The van der Waals surface area contributed by atoms with Gasteiger partial charge in [-0.3, -0.25) is 4.98 Å². The smallest absolute Gasteiger partial charge is 0.142 e. The van der Waals surface area contributed by atoms with E-state index in [1.165, 1.54) is 0 Å². The summed E-state index contributed by atoms with van der Waals surface area (Å²) in [6.45, 7) is 9.53. The molecule has 1 aliphatic heterocycles. The fourth-order valence-electron chi connectivity index (χ4n) is 2.28. The Hall–Kier alpha value is -1.13. The highest BCUT2D eigenvalue weighted by Crippen LogP contribution is 2.21. The van der Waals surface area contributed by atoms with Crippen LogP contribution in [-0.2, 0) is 11.3 Å². The van der Waals surface area contributed by atoms with Crippen molar-refractivity contribution in [2.75, 3.05) is 19.8 Å². The minimum atomic E-state index is 0.445. The van der Waals surface area contributed by atoms with Crippen LogP contribution in [0.5, 0.6) is 5.75 Å². The van der Waals surface area contributed by atoms with Crippen molar-refractivity contribution in [3.63, 3.8) is 0 Å². The summed E-state index contributed by atoms with van der Waals surface area (Å²) in [5, 5.41) is 3.40. The van der Waals surface area contributed by atoms with Crippen LogP contribution in [0.1, 0.15) is 38.1 Å². The van der Waals surface area contributed by atoms with Crippen LogP contribution in [0.15, 0.2) is 12.1 Å². The molecular weight excluding hydrogens is 252 g/mol. The Morgan fingerprint density at radius 2 is 2.10 bits per heavy atom. The molecule has 0 aliphatic carbocycles. The number of pyridine rings is 1. The van der Waals surface area contributed by atoms with Crippen LogP contribution in [0.4, 0.5) is 0 Å². The molecule has 0 radical (unpaired) electrons. The molecule has 2 heterocycles. The van der Waals surface area contributed by atoms with E-state index in [9.17, 15) is 0 Å². The average Bonchev–Trinajstić information content (AvgIpc) is 2.45. The van der Waals surface area contributed by atoms with Crippen LogP contribution in [0.3, 0.4) is 0 Å². The van der Waals surface area contributed by atoms with E-state index in [1.807, 2.05) is 19.1 Å². The second kappa shape index (κ2) is 7.60. The van der Waals surface area contributed by atoms with Gasteiger partial charge in [0.05, 0.1) is 12.3 Å². The van der Waals surface area contributed by atoms with Crippen LogP contribution in [0.2, 0.25) is 0 Å². The van der Waals surface area contributed by atoms with Gasteiger partial charge in [0.2, 0.25) is 0 Å². The lowest BCUT2D eigenvalue weighted by Gasteiger charge is -2.22. The van der Waals surface area contributed by atoms with Crippen molar-refractivity contribution in [2.45, 2.75) is 46.2 Å². The zero-order chi connectivity index (χ0) is 14.4. The van der Waals surface area contributed by atoms with Crippen molar-refractivity contribution < 1.29 is 9.47 Å². The first kappa shape index (κ1) is 15.3. The monoisotopic (exact) mass is 278 g/mol. The third-order valence-electron chi connectivity index (χ3n) is 3.56. The molecule has 1 aromatic rings. The Kier molecular flexibility index (Phi) is 5.80. The van der Waals surface area contributed by atoms with Crippen LogP contribution in [-0.4, -0.2) is 30.8 Å². The molecule has 112 valence electrons. The zero-order valence-electron chi connectivity index (χ0n) is 12.8. The SMILES string of the molecule is Cc1ccc(OCC2CCOCC2)c(CNC(C)C)n1. The lowest BCUT2D eigenvalue weighted by Crippen LogP contribution is -2.24. The molecule has 2 rings (SSSR count). The maximum atomic E-state index is 6.01. The number of hydrogen-bond donors (Lipinski definition) is 1. The Morgan fingerprint density at radius 1 is 1.35 bits per heavy atom. The first-order chi connectivity index (χ1) is 9.65. The first-order valence-electron chi connectivity index (χ1n) is 7.55. The van der Waals surface area contributed by atoms with Crippen molar-refractivity contribution >= 4 is 0 Å². The molecule has 0 unspecified atom stereocenters. The summed E-state index contributed by atoms with van der Waals surface area (Å²) in [4.78, 5) is 4.60. The number of nitrogens with zero attached hydrogens (tertiary/aromatic N) is 1. The van der Waals surface area contributed by atoms with E-state index in [2.05, 4.69) is 24.1 Å². The van der Waals surface area contributed by atoms with Gasteiger partial charge in [0.1, 0.15) is 5.75 Å². The van der Waals surface area contributed by atoms with Gasteiger partial charge in [0.25, 0.3) is 0 Å². The van der Waals surface area contributed by atoms with Gasteiger partial charge in [-0.1, -0.05) is 13.8 Å². The molecule has 0 atom stereocenters. The van der Waals surface area contributed by atoms with E-state index in [-0.39, 0.29) is 0 Å².